The van der Waals surface area contributed by atoms with Gasteiger partial charge in [-0.1, -0.05) is 31.2 Å². The second kappa shape index (κ2) is 8.20. The van der Waals surface area contributed by atoms with Gasteiger partial charge >= 0.3 is 5.97 Å². The predicted molar refractivity (Wildman–Crippen MR) is 89.7 cm³/mol. The van der Waals surface area contributed by atoms with E-state index in [-0.39, 0.29) is 5.97 Å². The molecule has 1 aromatic carbocycles. The van der Waals surface area contributed by atoms with Gasteiger partial charge in [-0.3, -0.25) is 4.79 Å². The number of thioether (sulfide) groups is 1. The molecule has 0 saturated heterocycles. The van der Waals surface area contributed by atoms with Crippen LogP contribution in [0.3, 0.4) is 0 Å². The van der Waals surface area contributed by atoms with Gasteiger partial charge in [0.1, 0.15) is 5.01 Å². The molecule has 2 rings (SSSR count). The molecular weight excluding hydrogens is 302 g/mol. The predicted octanol–water partition coefficient (Wildman–Crippen LogP) is 4.17. The summed E-state index contributed by atoms with van der Waals surface area (Å²) < 4.78 is 4.90. The van der Waals surface area contributed by atoms with Crippen molar-refractivity contribution in [3.63, 3.8) is 0 Å². The second-order valence-electron chi connectivity index (χ2n) is 4.48. The van der Waals surface area contributed by atoms with Crippen LogP contribution < -0.4 is 0 Å². The van der Waals surface area contributed by atoms with Gasteiger partial charge in [-0.05, 0) is 18.9 Å². The molecule has 0 atom stereocenters. The van der Waals surface area contributed by atoms with Gasteiger partial charge < -0.3 is 4.74 Å². The topological polar surface area (TPSA) is 39.2 Å². The van der Waals surface area contributed by atoms with Crippen molar-refractivity contribution < 1.29 is 9.53 Å². The molecule has 3 nitrogen and oxygen atoms in total. The summed E-state index contributed by atoms with van der Waals surface area (Å²) in [5, 5.41) is 1.03. The number of hydrogen-bond acceptors (Lipinski definition) is 5. The molecular formula is C16H19NO2S2. The average Bonchev–Trinajstić information content (AvgIpc) is 2.96. The van der Waals surface area contributed by atoms with E-state index >= 15 is 0 Å². The molecule has 0 fully saturated rings. The number of carbonyl (C=O) groups is 1. The quantitative estimate of drug-likeness (QED) is 0.718. The minimum atomic E-state index is -0.151. The normalized spacial score (nSPS) is 10.6. The number of nitrogens with zero attached hydrogens (tertiary/aromatic N) is 1. The summed E-state index contributed by atoms with van der Waals surface area (Å²) in [6, 6.07) is 8.53. The molecule has 0 radical (unpaired) electrons. The Morgan fingerprint density at radius 1 is 1.29 bits per heavy atom. The highest BCUT2D eigenvalue weighted by atomic mass is 32.2. The van der Waals surface area contributed by atoms with Crippen molar-refractivity contribution in [1.29, 1.82) is 0 Å². The largest absolute Gasteiger partial charge is 0.465 e. The highest BCUT2D eigenvalue weighted by Crippen LogP contribution is 2.27. The van der Waals surface area contributed by atoms with E-state index in [0.717, 1.165) is 22.7 Å². The van der Waals surface area contributed by atoms with Crippen LogP contribution in [0.2, 0.25) is 0 Å². The molecule has 0 aliphatic rings. The highest BCUT2D eigenvalue weighted by Gasteiger charge is 2.07. The van der Waals surface area contributed by atoms with Gasteiger partial charge in [-0.2, -0.15) is 0 Å². The van der Waals surface area contributed by atoms with Crippen molar-refractivity contribution in [2.75, 3.05) is 12.4 Å². The first-order chi connectivity index (χ1) is 10.2. The third-order valence-electron chi connectivity index (χ3n) is 2.93. The summed E-state index contributed by atoms with van der Waals surface area (Å²) >= 11 is 3.25. The van der Waals surface area contributed by atoms with Crippen LogP contribution in [0.1, 0.15) is 24.3 Å². The molecule has 0 spiro atoms. The summed E-state index contributed by atoms with van der Waals surface area (Å²) in [7, 11) is 0. The van der Waals surface area contributed by atoms with E-state index in [0.29, 0.717) is 12.4 Å². The summed E-state index contributed by atoms with van der Waals surface area (Å²) in [5.41, 5.74) is 2.49. The minimum Gasteiger partial charge on any atom is -0.465 e. The number of hydrogen-bond donors (Lipinski definition) is 0. The Kier molecular flexibility index (Phi) is 6.26. The summed E-state index contributed by atoms with van der Waals surface area (Å²) in [6.07, 6.45) is 2.94. The summed E-state index contributed by atoms with van der Waals surface area (Å²) in [5.74, 6) is 1.04. The maximum Gasteiger partial charge on any atom is 0.315 e. The Labute approximate surface area is 133 Å². The van der Waals surface area contributed by atoms with Crippen LogP contribution in [0.5, 0.6) is 0 Å². The zero-order valence-electron chi connectivity index (χ0n) is 12.3. The highest BCUT2D eigenvalue weighted by molar-refractivity contribution is 7.99. The zero-order chi connectivity index (χ0) is 15.1. The number of benzene rings is 1. The first kappa shape index (κ1) is 16.0. The van der Waals surface area contributed by atoms with Gasteiger partial charge in [0.2, 0.25) is 0 Å². The minimum absolute atomic E-state index is 0.151. The van der Waals surface area contributed by atoms with E-state index in [1.54, 1.807) is 23.1 Å². The molecule has 5 heteroatoms. The molecule has 0 bridgehead atoms. The fourth-order valence-corrected chi connectivity index (χ4v) is 3.65. The van der Waals surface area contributed by atoms with Gasteiger partial charge in [-0.25, -0.2) is 4.98 Å². The molecule has 0 amide bonds. The number of rotatable bonds is 7. The smallest absolute Gasteiger partial charge is 0.315 e. The Balaban J connectivity index is 1.90. The SMILES string of the molecule is CCOC(=O)CSCc1cnc(-c2ccc(CC)cc2)s1. The lowest BCUT2D eigenvalue weighted by Gasteiger charge is -2.00. The fourth-order valence-electron chi connectivity index (χ4n) is 1.83. The Bertz CT molecular complexity index is 578. The van der Waals surface area contributed by atoms with Crippen LogP contribution in [-0.4, -0.2) is 23.3 Å². The number of aromatic nitrogens is 1. The first-order valence-corrected chi connectivity index (χ1v) is 8.97. The monoisotopic (exact) mass is 321 g/mol. The van der Waals surface area contributed by atoms with Gasteiger partial charge in [0.25, 0.3) is 0 Å². The van der Waals surface area contributed by atoms with Crippen molar-refractivity contribution in [1.82, 2.24) is 4.98 Å². The average molecular weight is 321 g/mol. The maximum atomic E-state index is 11.3. The van der Waals surface area contributed by atoms with Crippen LogP contribution in [0, 0.1) is 0 Å². The van der Waals surface area contributed by atoms with Gasteiger partial charge in [0.05, 0.1) is 12.4 Å². The number of ether oxygens (including phenoxy) is 1. The van der Waals surface area contributed by atoms with Crippen molar-refractivity contribution in [2.24, 2.45) is 0 Å². The van der Waals surface area contributed by atoms with Crippen molar-refractivity contribution in [2.45, 2.75) is 26.0 Å². The van der Waals surface area contributed by atoms with Crippen LogP contribution in [0.15, 0.2) is 30.5 Å². The summed E-state index contributed by atoms with van der Waals surface area (Å²) in [6.45, 7) is 4.41. The molecule has 1 heterocycles. The number of esters is 1. The molecule has 0 aliphatic heterocycles. The third kappa shape index (κ3) is 4.86. The lowest BCUT2D eigenvalue weighted by Crippen LogP contribution is -2.06. The molecule has 2 aromatic rings. The van der Waals surface area contributed by atoms with Crippen LogP contribution in [-0.2, 0) is 21.7 Å². The number of carbonyl (C=O) groups excluding carboxylic acids is 1. The Morgan fingerprint density at radius 2 is 2.05 bits per heavy atom. The Morgan fingerprint density at radius 3 is 2.71 bits per heavy atom. The molecule has 0 N–H and O–H groups in total. The van der Waals surface area contributed by atoms with Crippen LogP contribution >= 0.6 is 23.1 Å². The van der Waals surface area contributed by atoms with Crippen molar-refractivity contribution in [3.05, 3.63) is 40.9 Å². The zero-order valence-corrected chi connectivity index (χ0v) is 13.9. The van der Waals surface area contributed by atoms with Crippen molar-refractivity contribution in [3.8, 4) is 10.6 Å². The van der Waals surface area contributed by atoms with E-state index in [1.807, 2.05) is 13.1 Å². The third-order valence-corrected chi connectivity index (χ3v) is 5.12. The molecule has 1 aromatic heterocycles. The molecule has 21 heavy (non-hydrogen) atoms. The molecule has 112 valence electrons. The van der Waals surface area contributed by atoms with E-state index in [2.05, 4.69) is 36.2 Å². The molecule has 0 aliphatic carbocycles. The molecule has 0 unspecified atom stereocenters. The first-order valence-electron chi connectivity index (χ1n) is 7.00. The van der Waals surface area contributed by atoms with Gasteiger partial charge in [0.15, 0.2) is 0 Å². The van der Waals surface area contributed by atoms with Crippen LogP contribution in [0.25, 0.3) is 10.6 Å². The van der Waals surface area contributed by atoms with E-state index in [4.69, 9.17) is 4.74 Å². The van der Waals surface area contributed by atoms with Crippen molar-refractivity contribution >= 4 is 29.1 Å². The molecule has 0 saturated carbocycles. The van der Waals surface area contributed by atoms with E-state index in [1.165, 1.54) is 10.4 Å². The standard InChI is InChI=1S/C16H19NO2S2/c1-3-12-5-7-13(8-6-12)16-17-9-14(21-16)10-20-11-15(18)19-4-2/h5-9H,3-4,10-11H2,1-2H3. The van der Waals surface area contributed by atoms with Crippen LogP contribution in [0.4, 0.5) is 0 Å². The Hall–Kier alpha value is -1.33. The van der Waals surface area contributed by atoms with Gasteiger partial charge in [-0.15, -0.1) is 23.1 Å². The fraction of sp³-hybridized carbons (Fsp3) is 0.375. The number of thiazole rings is 1. The lowest BCUT2D eigenvalue weighted by atomic mass is 10.1. The van der Waals surface area contributed by atoms with E-state index < -0.39 is 0 Å². The van der Waals surface area contributed by atoms with Gasteiger partial charge in [0, 0.05) is 22.4 Å². The van der Waals surface area contributed by atoms with E-state index in [9.17, 15) is 4.79 Å². The maximum absolute atomic E-state index is 11.3. The number of aryl methyl sites for hydroxylation is 1. The second-order valence-corrected chi connectivity index (χ2v) is 6.58. The lowest BCUT2D eigenvalue weighted by molar-refractivity contribution is -0.139. The summed E-state index contributed by atoms with van der Waals surface area (Å²) in [4.78, 5) is 16.9.